The number of rotatable bonds is 5. The van der Waals surface area contributed by atoms with Crippen LogP contribution in [0.5, 0.6) is 0 Å². The minimum atomic E-state index is -0.630. The zero-order valence-electron chi connectivity index (χ0n) is 12.5. The first-order chi connectivity index (χ1) is 9.58. The first kappa shape index (κ1) is 15.0. The van der Waals surface area contributed by atoms with E-state index in [9.17, 15) is 4.79 Å². The molecule has 1 fully saturated rings. The van der Waals surface area contributed by atoms with E-state index in [4.69, 9.17) is 5.11 Å². The van der Waals surface area contributed by atoms with Crippen LogP contribution in [0.4, 0.5) is 0 Å². The molecule has 2 rings (SSSR count). The second-order valence-electron chi connectivity index (χ2n) is 6.04. The lowest BCUT2D eigenvalue weighted by atomic mass is 9.90. The van der Waals surface area contributed by atoms with Gasteiger partial charge in [-0.3, -0.25) is 4.79 Å². The number of hydrogen-bond acceptors (Lipinski definition) is 2. The Bertz CT molecular complexity index is 432. The number of carbonyl (C=O) groups is 1. The second kappa shape index (κ2) is 6.89. The van der Waals surface area contributed by atoms with Crippen molar-refractivity contribution in [3.05, 3.63) is 35.9 Å². The minimum Gasteiger partial charge on any atom is -0.481 e. The Morgan fingerprint density at radius 1 is 1.40 bits per heavy atom. The standard InChI is InChI=1S/C17H25NO2/c1-13(15-6-4-3-5-7-15)8-10-18-11-9-16(17(19)20)12-14(18)2/h3-7,13-14,16H,8-12H2,1-2H3,(H,19,20). The summed E-state index contributed by atoms with van der Waals surface area (Å²) in [4.78, 5) is 13.5. The quantitative estimate of drug-likeness (QED) is 0.895. The van der Waals surface area contributed by atoms with E-state index in [1.54, 1.807) is 0 Å². The third-order valence-corrected chi connectivity index (χ3v) is 4.58. The predicted molar refractivity (Wildman–Crippen MR) is 80.9 cm³/mol. The Morgan fingerprint density at radius 2 is 2.10 bits per heavy atom. The van der Waals surface area contributed by atoms with Gasteiger partial charge in [0, 0.05) is 6.04 Å². The maximum absolute atomic E-state index is 11.0. The molecule has 1 heterocycles. The first-order valence-corrected chi connectivity index (χ1v) is 7.59. The molecule has 3 heteroatoms. The van der Waals surface area contributed by atoms with Crippen molar-refractivity contribution in [3.8, 4) is 0 Å². The maximum Gasteiger partial charge on any atom is 0.306 e. The monoisotopic (exact) mass is 275 g/mol. The summed E-state index contributed by atoms with van der Waals surface area (Å²) in [5.74, 6) is -0.220. The van der Waals surface area contributed by atoms with Crippen LogP contribution in [0, 0.1) is 5.92 Å². The molecule has 1 aromatic carbocycles. The highest BCUT2D eigenvalue weighted by molar-refractivity contribution is 5.70. The zero-order valence-corrected chi connectivity index (χ0v) is 12.5. The van der Waals surface area contributed by atoms with Crippen LogP contribution in [-0.4, -0.2) is 35.1 Å². The summed E-state index contributed by atoms with van der Waals surface area (Å²) in [6, 6.07) is 11.0. The molecule has 3 nitrogen and oxygen atoms in total. The van der Waals surface area contributed by atoms with Crippen LogP contribution in [0.25, 0.3) is 0 Å². The summed E-state index contributed by atoms with van der Waals surface area (Å²) in [6.07, 6.45) is 2.71. The number of carboxylic acids is 1. The Morgan fingerprint density at radius 3 is 2.70 bits per heavy atom. The fraction of sp³-hybridized carbons (Fsp3) is 0.588. The Hall–Kier alpha value is -1.35. The van der Waals surface area contributed by atoms with E-state index in [1.807, 2.05) is 0 Å². The highest BCUT2D eigenvalue weighted by atomic mass is 16.4. The fourth-order valence-corrected chi connectivity index (χ4v) is 3.08. The highest BCUT2D eigenvalue weighted by Crippen LogP contribution is 2.25. The summed E-state index contributed by atoms with van der Waals surface area (Å²) in [5, 5.41) is 9.09. The van der Waals surface area contributed by atoms with E-state index in [0.717, 1.165) is 32.4 Å². The van der Waals surface area contributed by atoms with Crippen molar-refractivity contribution in [2.45, 2.75) is 45.1 Å². The molecular formula is C17H25NO2. The van der Waals surface area contributed by atoms with Gasteiger partial charge >= 0.3 is 5.97 Å². The number of nitrogens with zero attached hydrogens (tertiary/aromatic N) is 1. The molecular weight excluding hydrogens is 250 g/mol. The average Bonchev–Trinajstić information content (AvgIpc) is 2.46. The van der Waals surface area contributed by atoms with Gasteiger partial charge in [-0.15, -0.1) is 0 Å². The van der Waals surface area contributed by atoms with Crippen LogP contribution in [0.3, 0.4) is 0 Å². The zero-order chi connectivity index (χ0) is 14.5. The molecule has 1 N–H and O–H groups in total. The summed E-state index contributed by atoms with van der Waals surface area (Å²) < 4.78 is 0. The molecule has 0 spiro atoms. The molecule has 1 aliphatic rings. The fourth-order valence-electron chi connectivity index (χ4n) is 3.08. The number of likely N-dealkylation sites (tertiary alicyclic amines) is 1. The van der Waals surface area contributed by atoms with Crippen LogP contribution in [-0.2, 0) is 4.79 Å². The van der Waals surface area contributed by atoms with Gasteiger partial charge in [0.1, 0.15) is 0 Å². The van der Waals surface area contributed by atoms with Gasteiger partial charge in [0.05, 0.1) is 5.92 Å². The maximum atomic E-state index is 11.0. The number of hydrogen-bond donors (Lipinski definition) is 1. The normalized spacial score (nSPS) is 25.3. The van der Waals surface area contributed by atoms with Gasteiger partial charge < -0.3 is 10.0 Å². The number of piperidine rings is 1. The van der Waals surface area contributed by atoms with Crippen LogP contribution >= 0.6 is 0 Å². The molecule has 1 saturated heterocycles. The van der Waals surface area contributed by atoms with E-state index >= 15 is 0 Å². The molecule has 1 aromatic rings. The lowest BCUT2D eigenvalue weighted by Crippen LogP contribution is -2.43. The highest BCUT2D eigenvalue weighted by Gasteiger charge is 2.29. The summed E-state index contributed by atoms with van der Waals surface area (Å²) in [6.45, 7) is 6.40. The van der Waals surface area contributed by atoms with Gasteiger partial charge in [-0.2, -0.15) is 0 Å². The number of aliphatic carboxylic acids is 1. The largest absolute Gasteiger partial charge is 0.481 e. The molecule has 0 bridgehead atoms. The van der Waals surface area contributed by atoms with E-state index in [2.05, 4.69) is 49.1 Å². The molecule has 1 aliphatic heterocycles. The molecule has 0 amide bonds. The Balaban J connectivity index is 1.81. The lowest BCUT2D eigenvalue weighted by molar-refractivity contribution is -0.144. The van der Waals surface area contributed by atoms with Crippen molar-refractivity contribution in [2.24, 2.45) is 5.92 Å². The topological polar surface area (TPSA) is 40.5 Å². The molecule has 20 heavy (non-hydrogen) atoms. The Labute approximate surface area is 121 Å². The van der Waals surface area contributed by atoms with Crippen LogP contribution in [0.15, 0.2) is 30.3 Å². The van der Waals surface area contributed by atoms with Gasteiger partial charge in [0.25, 0.3) is 0 Å². The van der Waals surface area contributed by atoms with Crippen LogP contribution in [0.1, 0.15) is 44.6 Å². The van der Waals surface area contributed by atoms with Crippen molar-refractivity contribution in [1.82, 2.24) is 4.90 Å². The first-order valence-electron chi connectivity index (χ1n) is 7.59. The SMILES string of the molecule is CC(CCN1CCC(C(=O)O)CC1C)c1ccccc1. The summed E-state index contributed by atoms with van der Waals surface area (Å²) >= 11 is 0. The third kappa shape index (κ3) is 3.83. The molecule has 3 unspecified atom stereocenters. The van der Waals surface area contributed by atoms with Gasteiger partial charge in [-0.25, -0.2) is 0 Å². The van der Waals surface area contributed by atoms with E-state index in [0.29, 0.717) is 12.0 Å². The molecule has 0 saturated carbocycles. The molecule has 0 radical (unpaired) electrons. The molecule has 110 valence electrons. The van der Waals surface area contributed by atoms with Gasteiger partial charge in [0.15, 0.2) is 0 Å². The van der Waals surface area contributed by atoms with Gasteiger partial charge in [0.2, 0.25) is 0 Å². The van der Waals surface area contributed by atoms with Crippen molar-refractivity contribution >= 4 is 5.97 Å². The number of carboxylic acid groups (broad SMARTS) is 1. The van der Waals surface area contributed by atoms with E-state index < -0.39 is 5.97 Å². The van der Waals surface area contributed by atoms with Gasteiger partial charge in [-0.05, 0) is 50.8 Å². The average molecular weight is 275 g/mol. The smallest absolute Gasteiger partial charge is 0.306 e. The Kier molecular flexibility index (Phi) is 5.18. The minimum absolute atomic E-state index is 0.146. The lowest BCUT2D eigenvalue weighted by Gasteiger charge is -2.36. The van der Waals surface area contributed by atoms with E-state index in [1.165, 1.54) is 5.56 Å². The van der Waals surface area contributed by atoms with Crippen LogP contribution in [0.2, 0.25) is 0 Å². The van der Waals surface area contributed by atoms with Crippen molar-refractivity contribution < 1.29 is 9.90 Å². The summed E-state index contributed by atoms with van der Waals surface area (Å²) in [7, 11) is 0. The number of benzene rings is 1. The van der Waals surface area contributed by atoms with Crippen LogP contribution < -0.4 is 0 Å². The molecule has 3 atom stereocenters. The predicted octanol–water partition coefficient (Wildman–Crippen LogP) is 3.37. The molecule has 0 aliphatic carbocycles. The van der Waals surface area contributed by atoms with Crippen molar-refractivity contribution in [1.29, 1.82) is 0 Å². The van der Waals surface area contributed by atoms with Gasteiger partial charge in [-0.1, -0.05) is 37.3 Å². The van der Waals surface area contributed by atoms with Crippen molar-refractivity contribution in [3.63, 3.8) is 0 Å². The van der Waals surface area contributed by atoms with E-state index in [-0.39, 0.29) is 5.92 Å². The third-order valence-electron chi connectivity index (χ3n) is 4.58. The second-order valence-corrected chi connectivity index (χ2v) is 6.04. The molecule has 0 aromatic heterocycles. The summed E-state index contributed by atoms with van der Waals surface area (Å²) in [5.41, 5.74) is 1.39. The van der Waals surface area contributed by atoms with Crippen molar-refractivity contribution in [2.75, 3.05) is 13.1 Å².